The molecule has 1 saturated heterocycles. The van der Waals surface area contributed by atoms with E-state index in [1.165, 1.54) is 12.4 Å². The van der Waals surface area contributed by atoms with Crippen LogP contribution in [0.15, 0.2) is 72.6 Å². The van der Waals surface area contributed by atoms with Crippen molar-refractivity contribution in [2.75, 3.05) is 4.90 Å². The van der Waals surface area contributed by atoms with Crippen LogP contribution in [0.25, 0.3) is 5.76 Å². The molecule has 0 radical (unpaired) electrons. The molecule has 1 aromatic heterocycles. The molecule has 3 aromatic rings. The number of hydrogen-bond donors (Lipinski definition) is 1. The molecule has 2 aromatic carbocycles. The second kappa shape index (κ2) is 7.51. The molecular formula is C23H16F2N2O3. The third-order valence-corrected chi connectivity index (χ3v) is 4.96. The van der Waals surface area contributed by atoms with Gasteiger partial charge in [-0.05, 0) is 36.8 Å². The van der Waals surface area contributed by atoms with Crippen molar-refractivity contribution >= 4 is 23.1 Å². The van der Waals surface area contributed by atoms with Crippen molar-refractivity contribution in [2.24, 2.45) is 0 Å². The molecule has 1 atom stereocenters. The molecule has 1 amide bonds. The van der Waals surface area contributed by atoms with Crippen molar-refractivity contribution in [2.45, 2.75) is 13.0 Å². The second-order valence-corrected chi connectivity index (χ2v) is 6.91. The van der Waals surface area contributed by atoms with Crippen molar-refractivity contribution < 1.29 is 23.5 Å². The minimum atomic E-state index is -1.15. The number of Topliss-reactive ketones (excluding diaryl/α,β-unsaturated/α-hetero) is 1. The van der Waals surface area contributed by atoms with E-state index in [9.17, 15) is 23.5 Å². The Bertz CT molecular complexity index is 1170. The first-order valence-electron chi connectivity index (χ1n) is 9.11. The summed E-state index contributed by atoms with van der Waals surface area (Å²) in [6, 6.07) is 11.3. The van der Waals surface area contributed by atoms with Gasteiger partial charge in [-0.25, -0.2) is 8.78 Å². The Balaban J connectivity index is 1.97. The summed E-state index contributed by atoms with van der Waals surface area (Å²) in [4.78, 5) is 30.6. The van der Waals surface area contributed by atoms with Crippen molar-refractivity contribution in [3.05, 3.63) is 101 Å². The monoisotopic (exact) mass is 406 g/mol. The fourth-order valence-electron chi connectivity index (χ4n) is 3.48. The van der Waals surface area contributed by atoms with Gasteiger partial charge in [0.25, 0.3) is 11.7 Å². The quantitative estimate of drug-likeness (QED) is 0.400. The van der Waals surface area contributed by atoms with Crippen molar-refractivity contribution in [3.63, 3.8) is 0 Å². The lowest BCUT2D eigenvalue weighted by Gasteiger charge is -2.25. The van der Waals surface area contributed by atoms with Gasteiger partial charge in [0.1, 0.15) is 17.4 Å². The molecule has 7 heteroatoms. The predicted octanol–water partition coefficient (Wildman–Crippen LogP) is 4.29. The fraction of sp³-hybridized carbons (Fsp3) is 0.0870. The van der Waals surface area contributed by atoms with E-state index in [1.807, 2.05) is 6.92 Å². The normalized spacial score (nSPS) is 18.1. The Morgan fingerprint density at radius 2 is 1.67 bits per heavy atom. The van der Waals surface area contributed by atoms with Gasteiger partial charge in [0, 0.05) is 24.0 Å². The largest absolute Gasteiger partial charge is 0.507 e. The van der Waals surface area contributed by atoms with E-state index in [4.69, 9.17) is 0 Å². The lowest BCUT2D eigenvalue weighted by molar-refractivity contribution is -0.132. The van der Waals surface area contributed by atoms with Gasteiger partial charge in [-0.3, -0.25) is 19.5 Å². The number of amides is 1. The molecule has 2 heterocycles. The molecule has 0 aliphatic carbocycles. The summed E-state index contributed by atoms with van der Waals surface area (Å²) in [5, 5.41) is 10.9. The number of pyridine rings is 1. The third-order valence-electron chi connectivity index (χ3n) is 4.96. The van der Waals surface area contributed by atoms with Crippen LogP contribution in [0, 0.1) is 18.6 Å². The van der Waals surface area contributed by atoms with Gasteiger partial charge in [-0.1, -0.05) is 29.8 Å². The lowest BCUT2D eigenvalue weighted by Crippen LogP contribution is -2.30. The Labute approximate surface area is 170 Å². The smallest absolute Gasteiger partial charge is 0.300 e. The number of aliphatic hydroxyl groups is 1. The first-order chi connectivity index (χ1) is 14.4. The van der Waals surface area contributed by atoms with E-state index < -0.39 is 35.1 Å². The molecule has 1 fully saturated rings. The Hall–Kier alpha value is -3.87. The van der Waals surface area contributed by atoms with Crippen molar-refractivity contribution in [1.82, 2.24) is 4.98 Å². The Morgan fingerprint density at radius 1 is 1.00 bits per heavy atom. The summed E-state index contributed by atoms with van der Waals surface area (Å²) in [5.41, 5.74) is 1.10. The van der Waals surface area contributed by atoms with E-state index in [2.05, 4.69) is 4.98 Å². The average Bonchev–Trinajstić information content (AvgIpc) is 3.01. The summed E-state index contributed by atoms with van der Waals surface area (Å²) in [6.07, 6.45) is 2.90. The molecule has 4 rings (SSSR count). The number of hydrogen-bond acceptors (Lipinski definition) is 4. The minimum absolute atomic E-state index is 0.210. The van der Waals surface area contributed by atoms with Gasteiger partial charge < -0.3 is 5.11 Å². The third kappa shape index (κ3) is 3.24. The van der Waals surface area contributed by atoms with Crippen LogP contribution < -0.4 is 4.90 Å². The number of carbonyl (C=O) groups is 2. The zero-order valence-corrected chi connectivity index (χ0v) is 15.8. The molecule has 5 nitrogen and oxygen atoms in total. The topological polar surface area (TPSA) is 70.5 Å². The molecular weight excluding hydrogens is 390 g/mol. The number of anilines is 1. The average molecular weight is 406 g/mol. The van der Waals surface area contributed by atoms with Crippen LogP contribution >= 0.6 is 0 Å². The van der Waals surface area contributed by atoms with Crippen molar-refractivity contribution in [3.8, 4) is 0 Å². The number of carbonyl (C=O) groups excluding carboxylic acids is 2. The van der Waals surface area contributed by atoms with Gasteiger partial charge >= 0.3 is 0 Å². The fourth-order valence-corrected chi connectivity index (χ4v) is 3.48. The molecule has 150 valence electrons. The van der Waals surface area contributed by atoms with Crippen LogP contribution in [-0.2, 0) is 9.59 Å². The molecule has 0 bridgehead atoms. The van der Waals surface area contributed by atoms with E-state index in [0.717, 1.165) is 28.7 Å². The molecule has 1 aliphatic rings. The summed E-state index contributed by atoms with van der Waals surface area (Å²) in [7, 11) is 0. The van der Waals surface area contributed by atoms with Gasteiger partial charge in [0.05, 0.1) is 17.3 Å². The SMILES string of the molecule is Cc1ccc(/C(O)=C2\C(=O)C(=O)N(c3cc(F)ccc3F)C2c2ccncc2)cc1. The molecule has 1 unspecified atom stereocenters. The highest BCUT2D eigenvalue weighted by Gasteiger charge is 2.47. The van der Waals surface area contributed by atoms with Gasteiger partial charge in [0.15, 0.2) is 0 Å². The number of aryl methyl sites for hydroxylation is 1. The van der Waals surface area contributed by atoms with E-state index in [1.54, 1.807) is 36.4 Å². The van der Waals surface area contributed by atoms with E-state index in [0.29, 0.717) is 11.1 Å². The zero-order valence-electron chi connectivity index (χ0n) is 15.8. The maximum atomic E-state index is 14.5. The zero-order chi connectivity index (χ0) is 21.4. The van der Waals surface area contributed by atoms with Gasteiger partial charge in [-0.15, -0.1) is 0 Å². The molecule has 0 spiro atoms. The van der Waals surface area contributed by atoms with Crippen LogP contribution in [0.3, 0.4) is 0 Å². The maximum Gasteiger partial charge on any atom is 0.300 e. The van der Waals surface area contributed by atoms with Crippen LogP contribution in [0.4, 0.5) is 14.5 Å². The van der Waals surface area contributed by atoms with Crippen LogP contribution in [-0.4, -0.2) is 21.8 Å². The summed E-state index contributed by atoms with van der Waals surface area (Å²) < 4.78 is 28.4. The number of benzene rings is 2. The molecule has 0 saturated carbocycles. The molecule has 30 heavy (non-hydrogen) atoms. The summed E-state index contributed by atoms with van der Waals surface area (Å²) >= 11 is 0. The number of halogens is 2. The van der Waals surface area contributed by atoms with Crippen LogP contribution in [0.1, 0.15) is 22.7 Å². The van der Waals surface area contributed by atoms with Crippen molar-refractivity contribution in [1.29, 1.82) is 0 Å². The Morgan fingerprint density at radius 3 is 2.33 bits per heavy atom. The second-order valence-electron chi connectivity index (χ2n) is 6.91. The number of nitrogens with zero attached hydrogens (tertiary/aromatic N) is 2. The highest BCUT2D eigenvalue weighted by molar-refractivity contribution is 6.51. The first kappa shape index (κ1) is 19.4. The van der Waals surface area contributed by atoms with E-state index in [-0.39, 0.29) is 11.3 Å². The predicted molar refractivity (Wildman–Crippen MR) is 107 cm³/mol. The maximum absolute atomic E-state index is 14.5. The number of ketones is 1. The standard InChI is InChI=1S/C23H16F2N2O3/c1-13-2-4-15(5-3-13)21(28)19-20(14-8-10-26-11-9-14)27(23(30)22(19)29)18-12-16(24)6-7-17(18)25/h2-12,20,28H,1H3/b21-19+. The summed E-state index contributed by atoms with van der Waals surface area (Å²) in [5.74, 6) is -4.07. The number of rotatable bonds is 3. The molecule has 1 aliphatic heterocycles. The Kier molecular flexibility index (Phi) is 4.87. The van der Waals surface area contributed by atoms with Gasteiger partial charge in [-0.2, -0.15) is 0 Å². The molecule has 1 N–H and O–H groups in total. The van der Waals surface area contributed by atoms with E-state index >= 15 is 0 Å². The minimum Gasteiger partial charge on any atom is -0.507 e. The van der Waals surface area contributed by atoms with Crippen LogP contribution in [0.2, 0.25) is 0 Å². The first-order valence-corrected chi connectivity index (χ1v) is 9.11. The van der Waals surface area contributed by atoms with Crippen LogP contribution in [0.5, 0.6) is 0 Å². The summed E-state index contributed by atoms with van der Waals surface area (Å²) in [6.45, 7) is 1.87. The highest BCUT2D eigenvalue weighted by Crippen LogP contribution is 2.42. The number of aromatic nitrogens is 1. The van der Waals surface area contributed by atoms with Gasteiger partial charge in [0.2, 0.25) is 0 Å². The lowest BCUT2D eigenvalue weighted by atomic mass is 9.95. The number of aliphatic hydroxyl groups excluding tert-OH is 1. The highest BCUT2D eigenvalue weighted by atomic mass is 19.1.